The van der Waals surface area contributed by atoms with Gasteiger partial charge >= 0.3 is 0 Å². The zero-order valence-electron chi connectivity index (χ0n) is 16.5. The van der Waals surface area contributed by atoms with E-state index in [1.807, 2.05) is 35.2 Å². The minimum Gasteiger partial charge on any atom is -0.486 e. The minimum absolute atomic E-state index is 0.0387. The van der Waals surface area contributed by atoms with Crippen molar-refractivity contribution < 1.29 is 18.3 Å². The number of rotatable bonds is 6. The van der Waals surface area contributed by atoms with Crippen molar-refractivity contribution in [1.82, 2.24) is 10.2 Å². The molecule has 1 heterocycles. The van der Waals surface area contributed by atoms with Gasteiger partial charge in [0.15, 0.2) is 11.6 Å². The number of ether oxygens (including phenoxy) is 1. The molecule has 4 rings (SSSR count). The summed E-state index contributed by atoms with van der Waals surface area (Å²) in [5, 5.41) is 3.60. The molecular formula is C23H26F2N2O2. The number of halogens is 2. The van der Waals surface area contributed by atoms with Gasteiger partial charge in [-0.25, -0.2) is 8.78 Å². The van der Waals surface area contributed by atoms with Crippen LogP contribution in [-0.4, -0.2) is 36.0 Å². The molecular weight excluding hydrogens is 374 g/mol. The third kappa shape index (κ3) is 4.75. The second-order valence-electron chi connectivity index (χ2n) is 7.98. The SMILES string of the molecule is CC(=O)N1CCC(NC2CC2c2cc(F)cc(F)c2OCc2ccccc2)CC1. The Bertz CT molecular complexity index is 867. The fourth-order valence-electron chi connectivity index (χ4n) is 4.12. The Morgan fingerprint density at radius 3 is 2.59 bits per heavy atom. The predicted molar refractivity (Wildman–Crippen MR) is 107 cm³/mol. The van der Waals surface area contributed by atoms with E-state index in [2.05, 4.69) is 5.32 Å². The number of nitrogens with zero attached hydrogens (tertiary/aromatic N) is 1. The smallest absolute Gasteiger partial charge is 0.219 e. The molecule has 0 aromatic heterocycles. The summed E-state index contributed by atoms with van der Waals surface area (Å²) in [6, 6.07) is 12.3. The molecule has 154 valence electrons. The van der Waals surface area contributed by atoms with Crippen LogP contribution in [-0.2, 0) is 11.4 Å². The van der Waals surface area contributed by atoms with E-state index in [9.17, 15) is 13.6 Å². The molecule has 1 aliphatic carbocycles. The molecule has 1 aliphatic heterocycles. The molecule has 6 heteroatoms. The van der Waals surface area contributed by atoms with Crippen LogP contribution in [0, 0.1) is 11.6 Å². The van der Waals surface area contributed by atoms with Crippen LogP contribution in [0.15, 0.2) is 42.5 Å². The maximum Gasteiger partial charge on any atom is 0.219 e. The van der Waals surface area contributed by atoms with Crippen LogP contribution in [0.4, 0.5) is 8.78 Å². The molecule has 2 atom stereocenters. The molecule has 2 aliphatic rings. The van der Waals surface area contributed by atoms with Gasteiger partial charge in [0.2, 0.25) is 5.91 Å². The second kappa shape index (κ2) is 8.49. The average molecular weight is 400 g/mol. The third-order valence-corrected chi connectivity index (χ3v) is 5.84. The van der Waals surface area contributed by atoms with Crippen molar-refractivity contribution in [2.75, 3.05) is 13.1 Å². The molecule has 2 aromatic carbocycles. The lowest BCUT2D eigenvalue weighted by Crippen LogP contribution is -2.45. The van der Waals surface area contributed by atoms with Crippen molar-refractivity contribution in [3.63, 3.8) is 0 Å². The number of nitrogens with one attached hydrogen (secondary N) is 1. The Hall–Kier alpha value is -2.47. The van der Waals surface area contributed by atoms with Gasteiger partial charge in [-0.1, -0.05) is 30.3 Å². The molecule has 2 unspecified atom stereocenters. The minimum atomic E-state index is -0.656. The predicted octanol–water partition coefficient (Wildman–Crippen LogP) is 4.00. The topological polar surface area (TPSA) is 41.6 Å². The summed E-state index contributed by atoms with van der Waals surface area (Å²) >= 11 is 0. The van der Waals surface area contributed by atoms with E-state index in [0.29, 0.717) is 11.6 Å². The van der Waals surface area contributed by atoms with E-state index in [-0.39, 0.29) is 30.2 Å². The zero-order chi connectivity index (χ0) is 20.4. The van der Waals surface area contributed by atoms with Gasteiger partial charge in [-0.05, 0) is 30.9 Å². The van der Waals surface area contributed by atoms with Crippen LogP contribution in [0.25, 0.3) is 0 Å². The van der Waals surface area contributed by atoms with Crippen molar-refractivity contribution in [3.05, 3.63) is 65.2 Å². The van der Waals surface area contributed by atoms with Crippen molar-refractivity contribution in [2.24, 2.45) is 0 Å². The maximum absolute atomic E-state index is 14.5. The van der Waals surface area contributed by atoms with E-state index < -0.39 is 11.6 Å². The first kappa shape index (κ1) is 19.8. The number of hydrogen-bond donors (Lipinski definition) is 1. The van der Waals surface area contributed by atoms with Gasteiger partial charge in [-0.2, -0.15) is 0 Å². The highest BCUT2D eigenvalue weighted by Crippen LogP contribution is 2.46. The molecule has 1 amide bonds. The summed E-state index contributed by atoms with van der Waals surface area (Å²) in [6.45, 7) is 3.35. The molecule has 2 aromatic rings. The van der Waals surface area contributed by atoms with Gasteiger partial charge in [-0.3, -0.25) is 4.79 Å². The molecule has 29 heavy (non-hydrogen) atoms. The molecule has 0 radical (unpaired) electrons. The van der Waals surface area contributed by atoms with E-state index in [0.717, 1.165) is 44.0 Å². The Labute approximate surface area is 169 Å². The second-order valence-corrected chi connectivity index (χ2v) is 7.98. The quantitative estimate of drug-likeness (QED) is 0.797. The van der Waals surface area contributed by atoms with Gasteiger partial charge < -0.3 is 15.0 Å². The summed E-state index contributed by atoms with van der Waals surface area (Å²) in [5.74, 6) is -0.933. The Morgan fingerprint density at radius 2 is 1.90 bits per heavy atom. The average Bonchev–Trinajstić information content (AvgIpc) is 3.47. The molecule has 0 bridgehead atoms. The highest BCUT2D eigenvalue weighted by Gasteiger charge is 2.42. The maximum atomic E-state index is 14.5. The highest BCUT2D eigenvalue weighted by atomic mass is 19.1. The van der Waals surface area contributed by atoms with Crippen LogP contribution in [0.3, 0.4) is 0 Å². The van der Waals surface area contributed by atoms with Crippen LogP contribution < -0.4 is 10.1 Å². The summed E-state index contributed by atoms with van der Waals surface area (Å²) in [4.78, 5) is 13.3. The van der Waals surface area contributed by atoms with Gasteiger partial charge in [0.25, 0.3) is 0 Å². The molecule has 1 N–H and O–H groups in total. The molecule has 1 saturated heterocycles. The number of amides is 1. The van der Waals surface area contributed by atoms with Gasteiger partial charge in [0, 0.05) is 49.6 Å². The lowest BCUT2D eigenvalue weighted by Gasteiger charge is -2.32. The fourth-order valence-corrected chi connectivity index (χ4v) is 4.12. The third-order valence-electron chi connectivity index (χ3n) is 5.84. The lowest BCUT2D eigenvalue weighted by atomic mass is 10.0. The van der Waals surface area contributed by atoms with E-state index in [1.165, 1.54) is 6.07 Å². The number of benzene rings is 2. The fraction of sp³-hybridized carbons (Fsp3) is 0.435. The van der Waals surface area contributed by atoms with Crippen molar-refractivity contribution in [2.45, 2.75) is 50.8 Å². The summed E-state index contributed by atoms with van der Waals surface area (Å²) in [7, 11) is 0. The number of piperidine rings is 1. The first-order chi connectivity index (χ1) is 14.0. The van der Waals surface area contributed by atoms with Crippen molar-refractivity contribution in [3.8, 4) is 5.75 Å². The summed E-state index contributed by atoms with van der Waals surface area (Å²) in [5.41, 5.74) is 1.53. The zero-order valence-corrected chi connectivity index (χ0v) is 16.5. The molecule has 4 nitrogen and oxygen atoms in total. The highest BCUT2D eigenvalue weighted by molar-refractivity contribution is 5.73. The largest absolute Gasteiger partial charge is 0.486 e. The Kier molecular flexibility index (Phi) is 5.81. The number of likely N-dealkylation sites (tertiary alicyclic amines) is 1. The first-order valence-electron chi connectivity index (χ1n) is 10.2. The number of hydrogen-bond acceptors (Lipinski definition) is 3. The Balaban J connectivity index is 1.40. The van der Waals surface area contributed by atoms with E-state index >= 15 is 0 Å². The summed E-state index contributed by atoms with van der Waals surface area (Å²) < 4.78 is 34.2. The van der Waals surface area contributed by atoms with Crippen molar-refractivity contribution >= 4 is 5.91 Å². The number of carbonyl (C=O) groups is 1. The van der Waals surface area contributed by atoms with Crippen LogP contribution >= 0.6 is 0 Å². The standard InChI is InChI=1S/C23H26F2N2O2/c1-15(28)27-9-7-18(8-10-27)26-22-13-19(22)20-11-17(24)12-21(25)23(20)29-14-16-5-3-2-4-6-16/h2-6,11-12,18-19,22,26H,7-10,13-14H2,1H3. The first-order valence-corrected chi connectivity index (χ1v) is 10.2. The van der Waals surface area contributed by atoms with Crippen LogP contribution in [0.5, 0.6) is 5.75 Å². The summed E-state index contributed by atoms with van der Waals surface area (Å²) in [6.07, 6.45) is 2.63. The lowest BCUT2D eigenvalue weighted by molar-refractivity contribution is -0.129. The van der Waals surface area contributed by atoms with Crippen molar-refractivity contribution in [1.29, 1.82) is 0 Å². The van der Waals surface area contributed by atoms with Crippen LogP contribution in [0.1, 0.15) is 43.2 Å². The van der Waals surface area contributed by atoms with E-state index in [1.54, 1.807) is 6.92 Å². The Morgan fingerprint density at radius 1 is 1.17 bits per heavy atom. The monoisotopic (exact) mass is 400 g/mol. The van der Waals surface area contributed by atoms with Gasteiger partial charge in [-0.15, -0.1) is 0 Å². The van der Waals surface area contributed by atoms with Gasteiger partial charge in [0.1, 0.15) is 12.4 Å². The van der Waals surface area contributed by atoms with Crippen LogP contribution in [0.2, 0.25) is 0 Å². The molecule has 1 saturated carbocycles. The normalized spacial score (nSPS) is 21.8. The molecule has 0 spiro atoms. The van der Waals surface area contributed by atoms with Gasteiger partial charge in [0.05, 0.1) is 0 Å². The number of carbonyl (C=O) groups excluding carboxylic acids is 1. The van der Waals surface area contributed by atoms with E-state index in [4.69, 9.17) is 4.74 Å². The molecule has 2 fully saturated rings.